The fourth-order valence-electron chi connectivity index (χ4n) is 1.82. The van der Waals surface area contributed by atoms with Gasteiger partial charge in [0.25, 0.3) is 0 Å². The lowest BCUT2D eigenvalue weighted by Gasteiger charge is -2.17. The van der Waals surface area contributed by atoms with Crippen molar-refractivity contribution in [1.29, 1.82) is 0 Å². The number of ether oxygens (including phenoxy) is 1. The van der Waals surface area contributed by atoms with E-state index >= 15 is 0 Å². The molecule has 0 aliphatic carbocycles. The first-order chi connectivity index (χ1) is 9.43. The summed E-state index contributed by atoms with van der Waals surface area (Å²) >= 11 is 0. The number of nitrogens with one attached hydrogen (secondary N) is 1. The summed E-state index contributed by atoms with van der Waals surface area (Å²) in [4.78, 5) is 10.9. The molecule has 20 heavy (non-hydrogen) atoms. The van der Waals surface area contributed by atoms with Gasteiger partial charge in [-0.1, -0.05) is 19.1 Å². The first-order valence-corrected chi connectivity index (χ1v) is 6.85. The number of aliphatic hydroxyl groups is 1. The molecule has 1 aromatic carbocycles. The molecule has 0 spiro atoms. The van der Waals surface area contributed by atoms with E-state index in [4.69, 9.17) is 9.84 Å². The standard InChI is InChI=1S/C15H23NO4/c1-4-13(15(18)19)16-9-14(17)11-5-7-12(8-6-11)20-10(2)3/h5-8,10,13-14,16-17H,4,9H2,1-3H3,(H,18,19). The van der Waals surface area contributed by atoms with Crippen molar-refractivity contribution in [3.05, 3.63) is 29.8 Å². The summed E-state index contributed by atoms with van der Waals surface area (Å²) in [6.45, 7) is 5.89. The molecular weight excluding hydrogens is 258 g/mol. The number of aliphatic hydroxyl groups excluding tert-OH is 1. The highest BCUT2D eigenvalue weighted by Gasteiger charge is 2.16. The topological polar surface area (TPSA) is 78.8 Å². The van der Waals surface area contributed by atoms with E-state index in [1.807, 2.05) is 13.8 Å². The summed E-state index contributed by atoms with van der Waals surface area (Å²) in [6.07, 6.45) is -0.159. The van der Waals surface area contributed by atoms with Gasteiger partial charge in [-0.3, -0.25) is 4.79 Å². The highest BCUT2D eigenvalue weighted by molar-refractivity contribution is 5.73. The Morgan fingerprint density at radius 3 is 2.35 bits per heavy atom. The van der Waals surface area contributed by atoms with Crippen molar-refractivity contribution in [2.24, 2.45) is 0 Å². The van der Waals surface area contributed by atoms with Gasteiger partial charge in [-0.05, 0) is 38.0 Å². The number of benzene rings is 1. The molecule has 112 valence electrons. The first-order valence-electron chi connectivity index (χ1n) is 6.85. The van der Waals surface area contributed by atoms with E-state index in [1.165, 1.54) is 0 Å². The molecule has 1 aromatic rings. The van der Waals surface area contributed by atoms with E-state index < -0.39 is 18.1 Å². The molecule has 0 fully saturated rings. The van der Waals surface area contributed by atoms with Crippen LogP contribution in [0.5, 0.6) is 5.75 Å². The summed E-state index contributed by atoms with van der Waals surface area (Å²) in [5, 5.41) is 21.8. The summed E-state index contributed by atoms with van der Waals surface area (Å²) in [7, 11) is 0. The van der Waals surface area contributed by atoms with E-state index in [1.54, 1.807) is 31.2 Å². The summed E-state index contributed by atoms with van der Waals surface area (Å²) in [5.41, 5.74) is 0.730. The van der Waals surface area contributed by atoms with Crippen LogP contribution in [0.4, 0.5) is 0 Å². The molecule has 0 saturated heterocycles. The Morgan fingerprint density at radius 2 is 1.90 bits per heavy atom. The summed E-state index contributed by atoms with van der Waals surface area (Å²) < 4.78 is 5.52. The van der Waals surface area contributed by atoms with E-state index in [0.29, 0.717) is 6.42 Å². The molecule has 0 saturated carbocycles. The average Bonchev–Trinajstić information content (AvgIpc) is 2.39. The highest BCUT2D eigenvalue weighted by atomic mass is 16.5. The molecule has 1 rings (SSSR count). The number of carbonyl (C=O) groups is 1. The van der Waals surface area contributed by atoms with E-state index in [0.717, 1.165) is 11.3 Å². The Balaban J connectivity index is 2.55. The highest BCUT2D eigenvalue weighted by Crippen LogP contribution is 2.18. The van der Waals surface area contributed by atoms with Crippen molar-refractivity contribution < 1.29 is 19.7 Å². The maximum Gasteiger partial charge on any atom is 0.320 e. The molecule has 0 aromatic heterocycles. The number of carboxylic acids is 1. The van der Waals surface area contributed by atoms with Crippen molar-refractivity contribution >= 4 is 5.97 Å². The molecule has 0 aliphatic heterocycles. The minimum Gasteiger partial charge on any atom is -0.491 e. The minimum absolute atomic E-state index is 0.105. The second-order valence-corrected chi connectivity index (χ2v) is 4.96. The maximum absolute atomic E-state index is 10.9. The Bertz CT molecular complexity index is 416. The molecule has 2 atom stereocenters. The Hall–Kier alpha value is -1.59. The maximum atomic E-state index is 10.9. The van der Waals surface area contributed by atoms with Gasteiger partial charge in [0.05, 0.1) is 12.2 Å². The third-order valence-electron chi connectivity index (χ3n) is 2.90. The Kier molecular flexibility index (Phi) is 6.48. The fourth-order valence-corrected chi connectivity index (χ4v) is 1.82. The second-order valence-electron chi connectivity index (χ2n) is 4.96. The molecular formula is C15H23NO4. The zero-order valence-electron chi connectivity index (χ0n) is 12.2. The molecule has 5 heteroatoms. The predicted octanol–water partition coefficient (Wildman–Crippen LogP) is 1.96. The summed E-state index contributed by atoms with van der Waals surface area (Å²) in [6, 6.07) is 6.53. The Morgan fingerprint density at radius 1 is 1.30 bits per heavy atom. The molecule has 5 nitrogen and oxygen atoms in total. The molecule has 0 amide bonds. The van der Waals surface area contributed by atoms with Gasteiger partial charge in [0.1, 0.15) is 11.8 Å². The van der Waals surface area contributed by atoms with Crippen molar-refractivity contribution in [2.75, 3.05) is 6.54 Å². The van der Waals surface area contributed by atoms with Gasteiger partial charge in [0.15, 0.2) is 0 Å². The zero-order chi connectivity index (χ0) is 15.1. The van der Waals surface area contributed by atoms with E-state index in [2.05, 4.69) is 5.32 Å². The van der Waals surface area contributed by atoms with Crippen LogP contribution in [0.25, 0.3) is 0 Å². The van der Waals surface area contributed by atoms with Crippen molar-refractivity contribution in [3.63, 3.8) is 0 Å². The van der Waals surface area contributed by atoms with Gasteiger partial charge in [-0.15, -0.1) is 0 Å². The third-order valence-corrected chi connectivity index (χ3v) is 2.90. The van der Waals surface area contributed by atoms with Crippen LogP contribution in [0, 0.1) is 0 Å². The fraction of sp³-hybridized carbons (Fsp3) is 0.533. The van der Waals surface area contributed by atoms with Crippen LogP contribution < -0.4 is 10.1 Å². The lowest BCUT2D eigenvalue weighted by atomic mass is 10.1. The lowest BCUT2D eigenvalue weighted by Crippen LogP contribution is -2.38. The van der Waals surface area contributed by atoms with E-state index in [-0.39, 0.29) is 12.6 Å². The van der Waals surface area contributed by atoms with E-state index in [9.17, 15) is 9.90 Å². The van der Waals surface area contributed by atoms with Crippen LogP contribution in [0.2, 0.25) is 0 Å². The molecule has 0 radical (unpaired) electrons. The van der Waals surface area contributed by atoms with Crippen molar-refractivity contribution in [2.45, 2.75) is 45.4 Å². The number of hydrogen-bond acceptors (Lipinski definition) is 4. The molecule has 0 heterocycles. The molecule has 2 unspecified atom stereocenters. The van der Waals surface area contributed by atoms with Gasteiger partial charge in [-0.25, -0.2) is 0 Å². The number of hydrogen-bond donors (Lipinski definition) is 3. The monoisotopic (exact) mass is 281 g/mol. The van der Waals surface area contributed by atoms with Crippen LogP contribution in [-0.4, -0.2) is 34.9 Å². The second kappa shape index (κ2) is 7.87. The average molecular weight is 281 g/mol. The molecule has 3 N–H and O–H groups in total. The van der Waals surface area contributed by atoms with Crippen LogP contribution in [-0.2, 0) is 4.79 Å². The SMILES string of the molecule is CCC(NCC(O)c1ccc(OC(C)C)cc1)C(=O)O. The van der Waals surface area contributed by atoms with Gasteiger partial charge >= 0.3 is 5.97 Å². The zero-order valence-corrected chi connectivity index (χ0v) is 12.2. The lowest BCUT2D eigenvalue weighted by molar-refractivity contribution is -0.139. The minimum atomic E-state index is -0.902. The van der Waals surface area contributed by atoms with Gasteiger partial charge < -0.3 is 20.3 Å². The third kappa shape index (κ3) is 5.19. The smallest absolute Gasteiger partial charge is 0.320 e. The van der Waals surface area contributed by atoms with Gasteiger partial charge in [0, 0.05) is 6.54 Å². The normalized spacial score (nSPS) is 14.1. The van der Waals surface area contributed by atoms with Crippen molar-refractivity contribution in [3.8, 4) is 5.75 Å². The van der Waals surface area contributed by atoms with Crippen LogP contribution in [0.1, 0.15) is 38.9 Å². The van der Waals surface area contributed by atoms with Crippen LogP contribution >= 0.6 is 0 Å². The predicted molar refractivity (Wildman–Crippen MR) is 76.9 cm³/mol. The van der Waals surface area contributed by atoms with Gasteiger partial charge in [0.2, 0.25) is 0 Å². The Labute approximate surface area is 119 Å². The number of aliphatic carboxylic acids is 1. The molecule has 0 aliphatic rings. The number of rotatable bonds is 8. The van der Waals surface area contributed by atoms with Crippen LogP contribution in [0.15, 0.2) is 24.3 Å². The quantitative estimate of drug-likeness (QED) is 0.679. The van der Waals surface area contributed by atoms with Gasteiger partial charge in [-0.2, -0.15) is 0 Å². The van der Waals surface area contributed by atoms with Crippen LogP contribution in [0.3, 0.4) is 0 Å². The summed E-state index contributed by atoms with van der Waals surface area (Å²) in [5.74, 6) is -0.152. The first kappa shape index (κ1) is 16.5. The largest absolute Gasteiger partial charge is 0.491 e. The number of carboxylic acid groups (broad SMARTS) is 1. The van der Waals surface area contributed by atoms with Crippen molar-refractivity contribution in [1.82, 2.24) is 5.32 Å². The molecule has 0 bridgehead atoms.